The van der Waals surface area contributed by atoms with E-state index in [0.29, 0.717) is 34.3 Å². The molecule has 0 saturated carbocycles. The Morgan fingerprint density at radius 2 is 1.52 bits per heavy atom. The average molecular weight is 631 g/mol. The number of pyridine rings is 2. The third kappa shape index (κ3) is 7.11. The molecule has 1 aromatic carbocycles. The van der Waals surface area contributed by atoms with Gasteiger partial charge in [-0.15, -0.1) is 0 Å². The number of hydrogen-bond acceptors (Lipinski definition) is 6. The lowest BCUT2D eigenvalue weighted by atomic mass is 10.0. The van der Waals surface area contributed by atoms with Gasteiger partial charge in [0.25, 0.3) is 0 Å². The predicted octanol–water partition coefficient (Wildman–Crippen LogP) is 8.21. The first-order valence-corrected chi connectivity index (χ1v) is 16.7. The average Bonchev–Trinajstić information content (AvgIpc) is 3.52. The van der Waals surface area contributed by atoms with Gasteiger partial charge in [-0.2, -0.15) is 5.10 Å². The van der Waals surface area contributed by atoms with Gasteiger partial charge in [0.05, 0.1) is 54.6 Å². The fraction of sp³-hybridized carbons (Fsp3) is 0.500. The Balaban J connectivity index is 1.38. The van der Waals surface area contributed by atoms with E-state index in [9.17, 15) is 4.79 Å². The summed E-state index contributed by atoms with van der Waals surface area (Å²) in [5.41, 5.74) is 3.89. The second-order valence-electron chi connectivity index (χ2n) is 12.2. The Kier molecular flexibility index (Phi) is 11.1. The predicted molar refractivity (Wildman–Crippen MR) is 182 cm³/mol. The summed E-state index contributed by atoms with van der Waals surface area (Å²) in [6, 6.07) is 3.78. The van der Waals surface area contributed by atoms with Crippen molar-refractivity contribution in [3.8, 4) is 28.3 Å². The fourth-order valence-corrected chi connectivity index (χ4v) is 6.33. The Hall–Kier alpha value is -4.21. The number of rotatable bonds is 17. The molecule has 0 unspecified atom stereocenters. The van der Waals surface area contributed by atoms with E-state index in [1.807, 2.05) is 32.3 Å². The van der Waals surface area contributed by atoms with Crippen LogP contribution >= 0.6 is 0 Å². The van der Waals surface area contributed by atoms with Gasteiger partial charge >= 0.3 is 5.69 Å². The first-order valence-electron chi connectivity index (χ1n) is 16.7. The number of nitrogens with zero attached hydrogens (tertiary/aromatic N) is 6. The van der Waals surface area contributed by atoms with E-state index in [1.54, 1.807) is 25.0 Å². The zero-order chi connectivity index (χ0) is 32.6. The van der Waals surface area contributed by atoms with Crippen LogP contribution in [0.1, 0.15) is 89.7 Å². The van der Waals surface area contributed by atoms with Crippen molar-refractivity contribution >= 4 is 21.9 Å². The summed E-state index contributed by atoms with van der Waals surface area (Å²) >= 11 is 0. The molecule has 0 N–H and O–H groups in total. The van der Waals surface area contributed by atoms with E-state index in [0.717, 1.165) is 42.3 Å². The van der Waals surface area contributed by atoms with Gasteiger partial charge in [-0.25, -0.2) is 9.18 Å². The fourth-order valence-electron chi connectivity index (χ4n) is 6.33. The van der Waals surface area contributed by atoms with Crippen molar-refractivity contribution < 1.29 is 13.9 Å². The lowest BCUT2D eigenvalue weighted by Crippen LogP contribution is -2.22. The van der Waals surface area contributed by atoms with Gasteiger partial charge in [0, 0.05) is 42.9 Å². The van der Waals surface area contributed by atoms with Crippen LogP contribution in [0, 0.1) is 12.7 Å². The first kappa shape index (κ1) is 33.2. The SMILES string of the molecule is CCCCCCCCCCCCCCOc1cncc(F)c1-n1c(=O)n(C)c2cnc3cc(OC)c(-c4cn(C)nc4C)cc3c21. The van der Waals surface area contributed by atoms with Gasteiger partial charge in [-0.3, -0.25) is 23.8 Å². The molecule has 0 bridgehead atoms. The van der Waals surface area contributed by atoms with Gasteiger partial charge in [0.15, 0.2) is 11.6 Å². The van der Waals surface area contributed by atoms with Crippen LogP contribution in [0.25, 0.3) is 38.8 Å². The van der Waals surface area contributed by atoms with E-state index in [1.165, 1.54) is 73.1 Å². The molecule has 0 aliphatic heterocycles. The van der Waals surface area contributed by atoms with Gasteiger partial charge in [-0.05, 0) is 19.4 Å². The van der Waals surface area contributed by atoms with Crippen LogP contribution in [0.3, 0.4) is 0 Å². The number of aromatic nitrogens is 6. The Bertz CT molecular complexity index is 1840. The van der Waals surface area contributed by atoms with Crippen LogP contribution < -0.4 is 15.2 Å². The third-order valence-electron chi connectivity index (χ3n) is 8.83. The van der Waals surface area contributed by atoms with Gasteiger partial charge in [-0.1, -0.05) is 77.6 Å². The molecular weight excluding hydrogens is 583 g/mol. The molecule has 0 fully saturated rings. The number of ether oxygens (including phenoxy) is 2. The van der Waals surface area contributed by atoms with Crippen molar-refractivity contribution in [1.82, 2.24) is 28.9 Å². The van der Waals surface area contributed by atoms with Crippen molar-refractivity contribution in [3.05, 3.63) is 58.9 Å². The lowest BCUT2D eigenvalue weighted by molar-refractivity contribution is 0.300. The maximum absolute atomic E-state index is 15.7. The molecule has 0 atom stereocenters. The van der Waals surface area contributed by atoms with E-state index in [4.69, 9.17) is 9.47 Å². The number of fused-ring (bicyclic) bond motifs is 3. The topological polar surface area (TPSA) is 89.0 Å². The van der Waals surface area contributed by atoms with Crippen LogP contribution in [-0.4, -0.2) is 42.6 Å². The molecule has 0 amide bonds. The number of aryl methyl sites for hydroxylation is 3. The number of halogens is 1. The van der Waals surface area contributed by atoms with Gasteiger partial charge < -0.3 is 9.47 Å². The molecule has 10 heteroatoms. The second kappa shape index (κ2) is 15.4. The highest BCUT2D eigenvalue weighted by Crippen LogP contribution is 2.38. The minimum Gasteiger partial charge on any atom is -0.496 e. The van der Waals surface area contributed by atoms with Crippen molar-refractivity contribution in [2.45, 2.75) is 90.9 Å². The molecule has 0 aliphatic rings. The van der Waals surface area contributed by atoms with Crippen molar-refractivity contribution in [2.24, 2.45) is 14.1 Å². The molecule has 5 aromatic rings. The van der Waals surface area contributed by atoms with Crippen LogP contribution in [0.4, 0.5) is 4.39 Å². The standard InChI is InChI=1S/C36H47FN6O3/c1-6-7-8-9-10-11-12-13-14-15-16-17-18-46-33-23-38-21-29(37)35(33)43-34-27-19-26(28-24-41(3)40-25(28)2)32(45-5)20-30(27)39-22-31(34)42(4)36(43)44/h19-24H,6-18H2,1-5H3. The van der Waals surface area contributed by atoms with E-state index in [-0.39, 0.29) is 11.4 Å². The molecule has 0 radical (unpaired) electrons. The van der Waals surface area contributed by atoms with Crippen LogP contribution in [0.15, 0.2) is 41.7 Å². The van der Waals surface area contributed by atoms with Crippen LogP contribution in [0.5, 0.6) is 11.5 Å². The highest BCUT2D eigenvalue weighted by Gasteiger charge is 2.24. The summed E-state index contributed by atoms with van der Waals surface area (Å²) in [6.07, 6.45) is 21.1. The Morgan fingerprint density at radius 3 is 2.15 bits per heavy atom. The molecule has 5 rings (SSSR count). The van der Waals surface area contributed by atoms with Gasteiger partial charge in [0.1, 0.15) is 11.4 Å². The number of imidazole rings is 1. The van der Waals surface area contributed by atoms with Crippen LogP contribution in [0.2, 0.25) is 0 Å². The quantitative estimate of drug-likeness (QED) is 0.0963. The summed E-state index contributed by atoms with van der Waals surface area (Å²) < 4.78 is 32.2. The number of hydrogen-bond donors (Lipinski definition) is 0. The monoisotopic (exact) mass is 630 g/mol. The zero-order valence-electron chi connectivity index (χ0n) is 27.9. The number of benzene rings is 1. The van der Waals surface area contributed by atoms with Gasteiger partial charge in [0.2, 0.25) is 0 Å². The molecule has 246 valence electrons. The molecule has 0 saturated heterocycles. The molecule has 4 heterocycles. The Morgan fingerprint density at radius 1 is 0.848 bits per heavy atom. The molecule has 0 spiro atoms. The summed E-state index contributed by atoms with van der Waals surface area (Å²) in [5, 5.41) is 5.18. The first-order chi connectivity index (χ1) is 22.3. The number of methoxy groups -OCH3 is 1. The summed E-state index contributed by atoms with van der Waals surface area (Å²) in [7, 11) is 5.14. The highest BCUT2D eigenvalue weighted by atomic mass is 19.1. The second-order valence-corrected chi connectivity index (χ2v) is 12.2. The highest BCUT2D eigenvalue weighted by molar-refractivity contribution is 6.06. The van der Waals surface area contributed by atoms with E-state index < -0.39 is 11.5 Å². The normalized spacial score (nSPS) is 11.6. The maximum Gasteiger partial charge on any atom is 0.333 e. The Labute approximate surface area is 270 Å². The molecule has 4 aromatic heterocycles. The molecular formula is C36H47FN6O3. The van der Waals surface area contributed by atoms with Crippen molar-refractivity contribution in [1.29, 1.82) is 0 Å². The number of unbranched alkanes of at least 4 members (excludes halogenated alkanes) is 11. The summed E-state index contributed by atoms with van der Waals surface area (Å²) in [4.78, 5) is 22.5. The zero-order valence-corrected chi connectivity index (χ0v) is 27.9. The largest absolute Gasteiger partial charge is 0.496 e. The summed E-state index contributed by atoms with van der Waals surface area (Å²) in [6.45, 7) is 4.60. The van der Waals surface area contributed by atoms with Crippen molar-refractivity contribution in [3.63, 3.8) is 0 Å². The van der Waals surface area contributed by atoms with E-state index >= 15 is 4.39 Å². The maximum atomic E-state index is 15.7. The smallest absolute Gasteiger partial charge is 0.333 e. The molecule has 46 heavy (non-hydrogen) atoms. The summed E-state index contributed by atoms with van der Waals surface area (Å²) in [5.74, 6) is 0.227. The minimum atomic E-state index is -0.636. The van der Waals surface area contributed by atoms with Crippen LogP contribution in [-0.2, 0) is 14.1 Å². The van der Waals surface area contributed by atoms with Crippen molar-refractivity contribution in [2.75, 3.05) is 13.7 Å². The molecule has 0 aliphatic carbocycles. The lowest BCUT2D eigenvalue weighted by Gasteiger charge is -2.14. The van der Waals surface area contributed by atoms with E-state index in [2.05, 4.69) is 22.0 Å². The minimum absolute atomic E-state index is 0.0481. The third-order valence-corrected chi connectivity index (χ3v) is 8.83. The molecule has 9 nitrogen and oxygen atoms in total.